The lowest BCUT2D eigenvalue weighted by molar-refractivity contribution is -0.124. The molecule has 23 heavy (non-hydrogen) atoms. The first-order valence-corrected chi connectivity index (χ1v) is 7.51. The molecule has 1 amide bonds. The van der Waals surface area contributed by atoms with Crippen LogP contribution in [0.5, 0.6) is 0 Å². The molecule has 0 radical (unpaired) electrons. The predicted molar refractivity (Wildman–Crippen MR) is 90.4 cm³/mol. The summed E-state index contributed by atoms with van der Waals surface area (Å²) in [6.07, 6.45) is -0.562. The topological polar surface area (TPSA) is 81.4 Å². The zero-order valence-corrected chi connectivity index (χ0v) is 13.3. The monoisotopic (exact) mass is 332 g/mol. The van der Waals surface area contributed by atoms with Crippen LogP contribution in [0, 0.1) is 0 Å². The Bertz CT molecular complexity index is 701. The summed E-state index contributed by atoms with van der Waals surface area (Å²) >= 11 is 6.00. The minimum absolute atomic E-state index is 0.336. The van der Waals surface area contributed by atoms with Crippen molar-refractivity contribution in [2.45, 2.75) is 19.4 Å². The smallest absolute Gasteiger partial charge is 0.338 e. The number of halogens is 1. The van der Waals surface area contributed by atoms with Crippen LogP contribution in [0.2, 0.25) is 5.02 Å². The minimum Gasteiger partial charge on any atom is -0.449 e. The van der Waals surface area contributed by atoms with Crippen molar-refractivity contribution < 1.29 is 14.3 Å². The molecule has 0 saturated carbocycles. The molecule has 5 nitrogen and oxygen atoms in total. The maximum atomic E-state index is 12.2. The van der Waals surface area contributed by atoms with E-state index in [-0.39, 0.29) is 0 Å². The molecule has 0 aliphatic carbocycles. The van der Waals surface area contributed by atoms with E-state index in [2.05, 4.69) is 5.32 Å². The average molecular weight is 333 g/mol. The zero-order chi connectivity index (χ0) is 16.8. The van der Waals surface area contributed by atoms with Gasteiger partial charge in [0.2, 0.25) is 0 Å². The van der Waals surface area contributed by atoms with Gasteiger partial charge in [0, 0.05) is 5.69 Å². The molecule has 0 spiro atoms. The third-order valence-corrected chi connectivity index (χ3v) is 3.52. The summed E-state index contributed by atoms with van der Waals surface area (Å²) in [5.74, 6) is -1.00. The molecular weight excluding hydrogens is 316 g/mol. The van der Waals surface area contributed by atoms with E-state index in [9.17, 15) is 9.59 Å². The van der Waals surface area contributed by atoms with E-state index in [1.807, 2.05) is 0 Å². The van der Waals surface area contributed by atoms with Gasteiger partial charge in [-0.05, 0) is 42.8 Å². The summed E-state index contributed by atoms with van der Waals surface area (Å²) in [7, 11) is 0. The quantitative estimate of drug-likeness (QED) is 0.648. The maximum Gasteiger partial charge on any atom is 0.338 e. The first kappa shape index (κ1) is 16.8. The number of benzene rings is 2. The number of nitrogens with two attached hydrogens (primary N) is 1. The average Bonchev–Trinajstić information content (AvgIpc) is 2.55. The number of esters is 1. The number of carbonyl (C=O) groups is 2. The molecule has 0 aliphatic rings. The largest absolute Gasteiger partial charge is 0.449 e. The number of rotatable bonds is 5. The Balaban J connectivity index is 2.04. The molecule has 0 heterocycles. The highest BCUT2D eigenvalue weighted by molar-refractivity contribution is 6.33. The Morgan fingerprint density at radius 1 is 1.17 bits per heavy atom. The second-order valence-corrected chi connectivity index (χ2v) is 5.30. The van der Waals surface area contributed by atoms with Crippen LogP contribution >= 0.6 is 11.6 Å². The third kappa shape index (κ3) is 4.47. The van der Waals surface area contributed by atoms with Crippen LogP contribution < -0.4 is 11.1 Å². The van der Waals surface area contributed by atoms with E-state index in [1.165, 1.54) is 0 Å². The Labute approximate surface area is 139 Å². The molecule has 6 heteroatoms. The molecule has 0 aromatic heterocycles. The highest BCUT2D eigenvalue weighted by atomic mass is 35.5. The number of hydrogen-bond acceptors (Lipinski definition) is 4. The number of anilines is 2. The van der Waals surface area contributed by atoms with Gasteiger partial charge in [0.05, 0.1) is 16.3 Å². The molecule has 120 valence electrons. The summed E-state index contributed by atoms with van der Waals surface area (Å²) in [6.45, 7) is 1.76. The highest BCUT2D eigenvalue weighted by Gasteiger charge is 2.22. The first-order valence-electron chi connectivity index (χ1n) is 7.13. The Morgan fingerprint density at radius 3 is 2.43 bits per heavy atom. The fourth-order valence-corrected chi connectivity index (χ4v) is 2.10. The van der Waals surface area contributed by atoms with E-state index in [0.29, 0.717) is 28.4 Å². The third-order valence-electron chi connectivity index (χ3n) is 3.19. The van der Waals surface area contributed by atoms with Gasteiger partial charge >= 0.3 is 5.97 Å². The number of hydrogen-bond donors (Lipinski definition) is 2. The number of carbonyl (C=O) groups excluding carboxylic acids is 2. The molecule has 2 aromatic carbocycles. The number of amides is 1. The van der Waals surface area contributed by atoms with Crippen molar-refractivity contribution in [3.05, 3.63) is 59.1 Å². The van der Waals surface area contributed by atoms with Crippen LogP contribution in [-0.2, 0) is 9.53 Å². The predicted octanol–water partition coefficient (Wildman–Crippen LogP) is 3.50. The van der Waals surface area contributed by atoms with E-state index < -0.39 is 18.0 Å². The molecule has 0 fully saturated rings. The van der Waals surface area contributed by atoms with Gasteiger partial charge in [-0.15, -0.1) is 0 Å². The van der Waals surface area contributed by atoms with Crippen LogP contribution in [-0.4, -0.2) is 18.0 Å². The van der Waals surface area contributed by atoms with Crippen LogP contribution in [0.25, 0.3) is 0 Å². The molecule has 0 saturated heterocycles. The lowest BCUT2D eigenvalue weighted by atomic mass is 10.2. The van der Waals surface area contributed by atoms with Gasteiger partial charge in [-0.2, -0.15) is 0 Å². The molecule has 1 atom stereocenters. The number of para-hydroxylation sites is 1. The van der Waals surface area contributed by atoms with E-state index in [0.717, 1.165) is 0 Å². The fourth-order valence-electron chi connectivity index (χ4n) is 1.91. The maximum absolute atomic E-state index is 12.2. The van der Waals surface area contributed by atoms with E-state index in [1.54, 1.807) is 55.5 Å². The lowest BCUT2D eigenvalue weighted by Crippen LogP contribution is -2.32. The number of nitrogens with one attached hydrogen (secondary N) is 1. The lowest BCUT2D eigenvalue weighted by Gasteiger charge is -2.16. The Morgan fingerprint density at radius 2 is 1.83 bits per heavy atom. The standard InChI is InChI=1S/C17H17ClN2O3/c1-2-15(16(21)20-14-6-4-3-5-13(14)18)23-17(22)11-7-9-12(19)10-8-11/h3-10,15H,2,19H2,1H3,(H,20,21). The summed E-state index contributed by atoms with van der Waals surface area (Å²) in [6, 6.07) is 13.2. The Hall–Kier alpha value is -2.53. The minimum atomic E-state index is -0.906. The van der Waals surface area contributed by atoms with Crippen molar-refractivity contribution in [2.24, 2.45) is 0 Å². The molecule has 0 aliphatic heterocycles. The van der Waals surface area contributed by atoms with Crippen molar-refractivity contribution in [2.75, 3.05) is 11.1 Å². The van der Waals surface area contributed by atoms with Crippen molar-refractivity contribution >= 4 is 34.9 Å². The van der Waals surface area contributed by atoms with Crippen molar-refractivity contribution in [3.8, 4) is 0 Å². The molecule has 0 bridgehead atoms. The molecule has 3 N–H and O–H groups in total. The van der Waals surface area contributed by atoms with Crippen LogP contribution in [0.3, 0.4) is 0 Å². The van der Waals surface area contributed by atoms with Crippen LogP contribution in [0.1, 0.15) is 23.7 Å². The van der Waals surface area contributed by atoms with Crippen molar-refractivity contribution in [3.63, 3.8) is 0 Å². The Kier molecular flexibility index (Phi) is 5.60. The van der Waals surface area contributed by atoms with Gasteiger partial charge < -0.3 is 15.8 Å². The van der Waals surface area contributed by atoms with Gasteiger partial charge in [0.1, 0.15) is 0 Å². The summed E-state index contributed by atoms with van der Waals surface area (Å²) < 4.78 is 5.26. The second-order valence-electron chi connectivity index (χ2n) is 4.89. The normalized spacial score (nSPS) is 11.6. The van der Waals surface area contributed by atoms with Gasteiger partial charge in [-0.3, -0.25) is 4.79 Å². The fraction of sp³-hybridized carbons (Fsp3) is 0.176. The van der Waals surface area contributed by atoms with Crippen LogP contribution in [0.15, 0.2) is 48.5 Å². The molecular formula is C17H17ClN2O3. The van der Waals surface area contributed by atoms with Gasteiger partial charge in [-0.1, -0.05) is 30.7 Å². The summed E-state index contributed by atoms with van der Waals surface area (Å²) in [5.41, 5.74) is 6.93. The van der Waals surface area contributed by atoms with E-state index in [4.69, 9.17) is 22.1 Å². The molecule has 2 aromatic rings. The SMILES string of the molecule is CCC(OC(=O)c1ccc(N)cc1)C(=O)Nc1ccccc1Cl. The van der Waals surface area contributed by atoms with Gasteiger partial charge in [0.25, 0.3) is 5.91 Å². The first-order chi connectivity index (χ1) is 11.0. The number of ether oxygens (including phenoxy) is 1. The summed E-state index contributed by atoms with van der Waals surface area (Å²) in [5, 5.41) is 3.08. The summed E-state index contributed by atoms with van der Waals surface area (Å²) in [4.78, 5) is 24.3. The van der Waals surface area contributed by atoms with Gasteiger partial charge in [0.15, 0.2) is 6.10 Å². The molecule has 1 unspecified atom stereocenters. The van der Waals surface area contributed by atoms with Crippen LogP contribution in [0.4, 0.5) is 11.4 Å². The highest BCUT2D eigenvalue weighted by Crippen LogP contribution is 2.21. The molecule has 2 rings (SSSR count). The van der Waals surface area contributed by atoms with Gasteiger partial charge in [-0.25, -0.2) is 4.79 Å². The van der Waals surface area contributed by atoms with E-state index >= 15 is 0 Å². The second kappa shape index (κ2) is 7.65. The van der Waals surface area contributed by atoms with Crippen molar-refractivity contribution in [1.82, 2.24) is 0 Å². The zero-order valence-electron chi connectivity index (χ0n) is 12.6. The number of nitrogen functional groups attached to an aromatic ring is 1. The van der Waals surface area contributed by atoms with Crippen molar-refractivity contribution in [1.29, 1.82) is 0 Å².